The van der Waals surface area contributed by atoms with E-state index in [2.05, 4.69) is 21.4 Å². The molecule has 0 bridgehead atoms. The number of aliphatic hydroxyl groups is 1. The molecule has 0 atom stereocenters. The van der Waals surface area contributed by atoms with Crippen molar-refractivity contribution in [3.63, 3.8) is 0 Å². The smallest absolute Gasteiger partial charge is 0.330 e. The lowest BCUT2D eigenvalue weighted by Gasteiger charge is -2.15. The van der Waals surface area contributed by atoms with Gasteiger partial charge in [0.1, 0.15) is 31.2 Å². The van der Waals surface area contributed by atoms with Crippen LogP contribution in [0.1, 0.15) is 38.1 Å². The number of ether oxygens (including phenoxy) is 3. The van der Waals surface area contributed by atoms with E-state index in [0.29, 0.717) is 30.9 Å². The van der Waals surface area contributed by atoms with E-state index in [1.54, 1.807) is 31.3 Å². The Bertz CT molecular complexity index is 592. The minimum absolute atomic E-state index is 0.174. The van der Waals surface area contributed by atoms with Crippen molar-refractivity contribution in [2.75, 3.05) is 33.4 Å². The van der Waals surface area contributed by atoms with Gasteiger partial charge in [0.15, 0.2) is 5.78 Å². The standard InChI is InChI=1S/C13H16O5.C6H11NO2.C2H6/c1-13(2,16)12(15)10-3-5-11(6-4-10)18-8-7-17-9-14;1-3-6(8)9-5-4-7-2;1-2/h3-6,9,16H,7-8H2,1-2H3;3,7H,1,4-5H2,2H3;1-2H3. The molecule has 0 saturated carbocycles. The second-order valence-corrected chi connectivity index (χ2v) is 5.70. The molecule has 1 aromatic rings. The molecule has 1 aromatic carbocycles. The van der Waals surface area contributed by atoms with Crippen LogP contribution in [0.3, 0.4) is 0 Å². The van der Waals surface area contributed by atoms with Crippen LogP contribution >= 0.6 is 0 Å². The van der Waals surface area contributed by atoms with Crippen LogP contribution in [0, 0.1) is 0 Å². The van der Waals surface area contributed by atoms with E-state index in [1.165, 1.54) is 13.8 Å². The number of carbonyl (C=O) groups excluding carboxylic acids is 3. The van der Waals surface area contributed by atoms with Crippen LogP contribution < -0.4 is 10.1 Å². The summed E-state index contributed by atoms with van der Waals surface area (Å²) < 4.78 is 14.4. The van der Waals surface area contributed by atoms with E-state index in [-0.39, 0.29) is 25.0 Å². The molecule has 8 nitrogen and oxygen atoms in total. The average Bonchev–Trinajstić information content (AvgIpc) is 2.72. The van der Waals surface area contributed by atoms with Gasteiger partial charge in [0.05, 0.1) is 0 Å². The fourth-order valence-electron chi connectivity index (χ4n) is 1.62. The molecule has 29 heavy (non-hydrogen) atoms. The van der Waals surface area contributed by atoms with Gasteiger partial charge in [-0.25, -0.2) is 4.79 Å². The van der Waals surface area contributed by atoms with E-state index < -0.39 is 5.60 Å². The average molecular weight is 411 g/mol. The maximum atomic E-state index is 11.7. The van der Waals surface area contributed by atoms with Gasteiger partial charge in [-0.1, -0.05) is 20.4 Å². The Hall–Kier alpha value is -2.71. The fourth-order valence-corrected chi connectivity index (χ4v) is 1.62. The van der Waals surface area contributed by atoms with Crippen LogP contribution in [0.25, 0.3) is 0 Å². The molecule has 0 fully saturated rings. The molecule has 0 aromatic heterocycles. The molecule has 0 radical (unpaired) electrons. The van der Waals surface area contributed by atoms with Gasteiger partial charge in [0, 0.05) is 18.2 Å². The first-order chi connectivity index (χ1) is 13.8. The molecule has 0 unspecified atom stereocenters. The topological polar surface area (TPSA) is 111 Å². The Morgan fingerprint density at radius 1 is 1.14 bits per heavy atom. The van der Waals surface area contributed by atoms with E-state index in [9.17, 15) is 19.5 Å². The van der Waals surface area contributed by atoms with Crippen molar-refractivity contribution >= 4 is 18.2 Å². The summed E-state index contributed by atoms with van der Waals surface area (Å²) in [5, 5.41) is 12.4. The third kappa shape index (κ3) is 15.0. The molecule has 0 heterocycles. The number of carbonyl (C=O) groups is 3. The summed E-state index contributed by atoms with van der Waals surface area (Å²) in [4.78, 5) is 31.9. The summed E-state index contributed by atoms with van der Waals surface area (Å²) in [5.41, 5.74) is -0.973. The number of ketones is 1. The first-order valence-corrected chi connectivity index (χ1v) is 9.25. The zero-order valence-electron chi connectivity index (χ0n) is 17.9. The van der Waals surface area contributed by atoms with E-state index in [4.69, 9.17) is 4.74 Å². The SMILES string of the molecule is C=CC(=O)OCCNC.CC.CC(C)(O)C(=O)c1ccc(OCCOC=O)cc1. The predicted octanol–water partition coefficient (Wildman–Crippen LogP) is 2.15. The number of nitrogens with one attached hydrogen (secondary N) is 1. The van der Waals surface area contributed by atoms with Crippen LogP contribution in [0.5, 0.6) is 5.75 Å². The minimum atomic E-state index is -1.39. The molecule has 8 heteroatoms. The molecule has 1 rings (SSSR count). The molecular formula is C21H33NO7. The van der Waals surface area contributed by atoms with Crippen molar-refractivity contribution in [3.05, 3.63) is 42.5 Å². The Labute approximate surface area is 172 Å². The zero-order valence-corrected chi connectivity index (χ0v) is 17.9. The molecule has 0 saturated heterocycles. The Morgan fingerprint density at radius 3 is 2.17 bits per heavy atom. The van der Waals surface area contributed by atoms with Crippen LogP contribution in [0.4, 0.5) is 0 Å². The highest BCUT2D eigenvalue weighted by Gasteiger charge is 2.24. The number of esters is 1. The number of benzene rings is 1. The zero-order chi connectivity index (χ0) is 22.7. The maximum Gasteiger partial charge on any atom is 0.330 e. The Morgan fingerprint density at radius 2 is 1.72 bits per heavy atom. The summed E-state index contributed by atoms with van der Waals surface area (Å²) in [6.45, 7) is 12.0. The third-order valence-electron chi connectivity index (χ3n) is 2.97. The highest BCUT2D eigenvalue weighted by molar-refractivity contribution is 6.01. The van der Waals surface area contributed by atoms with Gasteiger partial charge in [0.25, 0.3) is 6.47 Å². The van der Waals surface area contributed by atoms with Crippen molar-refractivity contribution in [2.24, 2.45) is 0 Å². The van der Waals surface area contributed by atoms with E-state index in [1.807, 2.05) is 13.8 Å². The normalized spacial score (nSPS) is 9.59. The first-order valence-electron chi connectivity index (χ1n) is 9.25. The first kappa shape index (κ1) is 28.5. The van der Waals surface area contributed by atoms with Gasteiger partial charge in [-0.15, -0.1) is 0 Å². The van der Waals surface area contributed by atoms with Gasteiger partial charge in [-0.05, 0) is 45.2 Å². The number of hydrogen-bond donors (Lipinski definition) is 2. The highest BCUT2D eigenvalue weighted by Crippen LogP contribution is 2.17. The number of hydrogen-bond acceptors (Lipinski definition) is 8. The molecule has 0 amide bonds. The molecule has 0 spiro atoms. The molecule has 2 N–H and O–H groups in total. The quantitative estimate of drug-likeness (QED) is 0.187. The van der Waals surface area contributed by atoms with E-state index >= 15 is 0 Å². The summed E-state index contributed by atoms with van der Waals surface area (Å²) in [6.07, 6.45) is 1.15. The molecule has 0 aliphatic heterocycles. The minimum Gasteiger partial charge on any atom is -0.490 e. The van der Waals surface area contributed by atoms with Crippen molar-refractivity contribution in [1.82, 2.24) is 5.32 Å². The van der Waals surface area contributed by atoms with Crippen molar-refractivity contribution < 1.29 is 33.7 Å². The van der Waals surface area contributed by atoms with Gasteiger partial charge in [-0.3, -0.25) is 9.59 Å². The lowest BCUT2D eigenvalue weighted by atomic mass is 9.97. The number of rotatable bonds is 11. The second-order valence-electron chi connectivity index (χ2n) is 5.70. The summed E-state index contributed by atoms with van der Waals surface area (Å²) in [6, 6.07) is 6.41. The van der Waals surface area contributed by atoms with Crippen molar-refractivity contribution in [1.29, 1.82) is 0 Å². The monoisotopic (exact) mass is 411 g/mol. The fraction of sp³-hybridized carbons (Fsp3) is 0.476. The van der Waals surface area contributed by atoms with Gasteiger partial charge in [-0.2, -0.15) is 0 Å². The van der Waals surface area contributed by atoms with Gasteiger partial charge < -0.3 is 24.6 Å². The Balaban J connectivity index is 0. The highest BCUT2D eigenvalue weighted by atomic mass is 16.5. The number of likely N-dealkylation sites (N-methyl/N-ethyl adjacent to an activating group) is 1. The van der Waals surface area contributed by atoms with Crippen LogP contribution in [-0.2, 0) is 19.1 Å². The third-order valence-corrected chi connectivity index (χ3v) is 2.97. The van der Waals surface area contributed by atoms with Crippen LogP contribution in [0.15, 0.2) is 36.9 Å². The lowest BCUT2D eigenvalue weighted by Crippen LogP contribution is -2.30. The van der Waals surface area contributed by atoms with Crippen LogP contribution in [-0.4, -0.2) is 62.3 Å². The second kappa shape index (κ2) is 17.4. The van der Waals surface area contributed by atoms with Gasteiger partial charge >= 0.3 is 5.97 Å². The molecule has 0 aliphatic carbocycles. The largest absolute Gasteiger partial charge is 0.490 e. The molecule has 164 valence electrons. The summed E-state index contributed by atoms with van der Waals surface area (Å²) in [5.74, 6) is -0.152. The van der Waals surface area contributed by atoms with Crippen LogP contribution in [0.2, 0.25) is 0 Å². The lowest BCUT2D eigenvalue weighted by molar-refractivity contribution is -0.137. The summed E-state index contributed by atoms with van der Waals surface area (Å²) >= 11 is 0. The van der Waals surface area contributed by atoms with Crippen molar-refractivity contribution in [2.45, 2.75) is 33.3 Å². The number of Topliss-reactive ketones (excluding diaryl/α,β-unsaturated/α-hetero) is 1. The molecule has 0 aliphatic rings. The predicted molar refractivity (Wildman–Crippen MR) is 111 cm³/mol. The van der Waals surface area contributed by atoms with Gasteiger partial charge in [0.2, 0.25) is 0 Å². The summed E-state index contributed by atoms with van der Waals surface area (Å²) in [7, 11) is 1.79. The van der Waals surface area contributed by atoms with Crippen molar-refractivity contribution in [3.8, 4) is 5.75 Å². The van der Waals surface area contributed by atoms with E-state index in [0.717, 1.165) is 6.08 Å². The maximum absolute atomic E-state index is 11.7. The Kier molecular flexibility index (Phi) is 17.1. The molecular weight excluding hydrogens is 378 g/mol.